The van der Waals surface area contributed by atoms with Gasteiger partial charge in [-0.2, -0.15) is 0 Å². The zero-order chi connectivity index (χ0) is 19.5. The molecule has 6 nitrogen and oxygen atoms in total. The SMILES string of the molecule is Cc1cc(C)c(NC(=O)CN(C)C(=O)CS[C@@H]2CCS(=O)(=O)C2)c(C)c1. The Bertz CT molecular complexity index is 782. The first-order chi connectivity index (χ1) is 12.1. The number of hydrogen-bond acceptors (Lipinski definition) is 5. The van der Waals surface area contributed by atoms with Gasteiger partial charge in [-0.15, -0.1) is 11.8 Å². The van der Waals surface area contributed by atoms with Crippen molar-refractivity contribution in [1.29, 1.82) is 0 Å². The summed E-state index contributed by atoms with van der Waals surface area (Å²) in [5, 5.41) is 2.86. The third kappa shape index (κ3) is 5.74. The van der Waals surface area contributed by atoms with E-state index in [1.54, 1.807) is 7.05 Å². The van der Waals surface area contributed by atoms with Crippen molar-refractivity contribution in [2.24, 2.45) is 0 Å². The van der Waals surface area contributed by atoms with Gasteiger partial charge in [0.25, 0.3) is 0 Å². The van der Waals surface area contributed by atoms with E-state index >= 15 is 0 Å². The average Bonchev–Trinajstić information content (AvgIpc) is 2.87. The van der Waals surface area contributed by atoms with Crippen LogP contribution in [0.15, 0.2) is 12.1 Å². The van der Waals surface area contributed by atoms with Gasteiger partial charge in [-0.25, -0.2) is 8.42 Å². The van der Waals surface area contributed by atoms with E-state index in [1.807, 2.05) is 32.9 Å². The van der Waals surface area contributed by atoms with Crippen LogP contribution in [0.25, 0.3) is 0 Å². The number of carbonyl (C=O) groups excluding carboxylic acids is 2. The summed E-state index contributed by atoms with van der Waals surface area (Å²) in [5.74, 6) is 0.108. The number of amides is 2. The Hall–Kier alpha value is -1.54. The number of carbonyl (C=O) groups is 2. The van der Waals surface area contributed by atoms with Crippen molar-refractivity contribution >= 4 is 39.1 Å². The second kappa shape index (κ2) is 8.43. The highest BCUT2D eigenvalue weighted by molar-refractivity contribution is 8.02. The first-order valence-electron chi connectivity index (χ1n) is 8.51. The van der Waals surface area contributed by atoms with Crippen molar-refractivity contribution in [3.63, 3.8) is 0 Å². The van der Waals surface area contributed by atoms with E-state index in [2.05, 4.69) is 5.32 Å². The Balaban J connectivity index is 1.84. The predicted molar refractivity (Wildman–Crippen MR) is 106 cm³/mol. The zero-order valence-electron chi connectivity index (χ0n) is 15.7. The predicted octanol–water partition coefficient (Wildman–Crippen LogP) is 1.93. The molecule has 0 radical (unpaired) electrons. The number of nitrogens with one attached hydrogen (secondary N) is 1. The maximum Gasteiger partial charge on any atom is 0.243 e. The van der Waals surface area contributed by atoms with E-state index in [1.165, 1.54) is 16.7 Å². The topological polar surface area (TPSA) is 83.6 Å². The Morgan fingerprint density at radius 3 is 2.38 bits per heavy atom. The van der Waals surface area contributed by atoms with E-state index in [0.29, 0.717) is 6.42 Å². The number of sulfone groups is 1. The number of benzene rings is 1. The first kappa shape index (κ1) is 20.8. The van der Waals surface area contributed by atoms with Crippen molar-refractivity contribution in [3.8, 4) is 0 Å². The molecular weight excluding hydrogens is 372 g/mol. The monoisotopic (exact) mass is 398 g/mol. The van der Waals surface area contributed by atoms with Crippen LogP contribution in [0.2, 0.25) is 0 Å². The Morgan fingerprint density at radius 2 is 1.85 bits per heavy atom. The van der Waals surface area contributed by atoms with E-state index in [9.17, 15) is 18.0 Å². The van der Waals surface area contributed by atoms with Crippen LogP contribution in [-0.2, 0) is 19.4 Å². The normalized spacial score (nSPS) is 18.5. The second-order valence-electron chi connectivity index (χ2n) is 6.91. The molecule has 1 aromatic rings. The lowest BCUT2D eigenvalue weighted by Gasteiger charge is -2.19. The molecule has 1 atom stereocenters. The van der Waals surface area contributed by atoms with E-state index in [0.717, 1.165) is 22.4 Å². The molecule has 1 aromatic carbocycles. The molecule has 0 bridgehead atoms. The minimum atomic E-state index is -2.94. The lowest BCUT2D eigenvalue weighted by Crippen LogP contribution is -2.36. The molecule has 0 aliphatic carbocycles. The van der Waals surface area contributed by atoms with Crippen LogP contribution in [0, 0.1) is 20.8 Å². The summed E-state index contributed by atoms with van der Waals surface area (Å²) in [6.07, 6.45) is 0.594. The summed E-state index contributed by atoms with van der Waals surface area (Å²) in [5.41, 5.74) is 3.90. The molecule has 8 heteroatoms. The van der Waals surface area contributed by atoms with Crippen LogP contribution >= 0.6 is 11.8 Å². The maximum absolute atomic E-state index is 12.3. The minimum absolute atomic E-state index is 0.0240. The number of thioether (sulfide) groups is 1. The molecule has 1 saturated heterocycles. The van der Waals surface area contributed by atoms with Crippen molar-refractivity contribution in [2.45, 2.75) is 32.4 Å². The van der Waals surface area contributed by atoms with Crippen LogP contribution < -0.4 is 5.32 Å². The molecule has 0 aromatic heterocycles. The van der Waals surface area contributed by atoms with Gasteiger partial charge in [-0.3, -0.25) is 9.59 Å². The summed E-state index contributed by atoms with van der Waals surface area (Å²) >= 11 is 1.36. The standard InChI is InChI=1S/C18H26N2O4S2/c1-12-7-13(2)18(14(3)8-12)19-16(21)9-20(4)17(22)10-25-15-5-6-26(23,24)11-15/h7-8,15H,5-6,9-11H2,1-4H3,(H,19,21)/t15-/m1/s1. The highest BCUT2D eigenvalue weighted by Crippen LogP contribution is 2.24. The molecule has 1 heterocycles. The van der Waals surface area contributed by atoms with Crippen molar-refractivity contribution < 1.29 is 18.0 Å². The molecule has 2 rings (SSSR count). The lowest BCUT2D eigenvalue weighted by atomic mass is 10.1. The zero-order valence-corrected chi connectivity index (χ0v) is 17.3. The van der Waals surface area contributed by atoms with Crippen LogP contribution in [0.4, 0.5) is 5.69 Å². The van der Waals surface area contributed by atoms with Crippen LogP contribution in [0.5, 0.6) is 0 Å². The number of nitrogens with zero attached hydrogens (tertiary/aromatic N) is 1. The number of rotatable bonds is 6. The third-order valence-electron chi connectivity index (χ3n) is 4.38. The molecule has 1 aliphatic heterocycles. The highest BCUT2D eigenvalue weighted by Gasteiger charge is 2.29. The van der Waals surface area contributed by atoms with Gasteiger partial charge in [0, 0.05) is 18.0 Å². The third-order valence-corrected chi connectivity index (χ3v) is 7.65. The van der Waals surface area contributed by atoms with E-state index < -0.39 is 9.84 Å². The molecule has 0 spiro atoms. The summed E-state index contributed by atoms with van der Waals surface area (Å²) in [4.78, 5) is 25.9. The van der Waals surface area contributed by atoms with E-state index in [4.69, 9.17) is 0 Å². The van der Waals surface area contributed by atoms with Crippen molar-refractivity contribution in [3.05, 3.63) is 28.8 Å². The molecule has 1 N–H and O–H groups in total. The van der Waals surface area contributed by atoms with Crippen LogP contribution in [0.3, 0.4) is 0 Å². The van der Waals surface area contributed by atoms with Gasteiger partial charge in [0.1, 0.15) is 0 Å². The smallest absolute Gasteiger partial charge is 0.243 e. The summed E-state index contributed by atoms with van der Waals surface area (Å²) in [7, 11) is -1.35. The molecule has 26 heavy (non-hydrogen) atoms. The fraction of sp³-hybridized carbons (Fsp3) is 0.556. The quantitative estimate of drug-likeness (QED) is 0.792. The summed E-state index contributed by atoms with van der Waals surface area (Å²) in [6.45, 7) is 5.86. The Kier molecular flexibility index (Phi) is 6.74. The molecule has 1 fully saturated rings. The summed E-state index contributed by atoms with van der Waals surface area (Å²) < 4.78 is 22.9. The number of hydrogen-bond donors (Lipinski definition) is 1. The minimum Gasteiger partial charge on any atom is -0.336 e. The van der Waals surface area contributed by atoms with Gasteiger partial charge in [0.2, 0.25) is 11.8 Å². The van der Waals surface area contributed by atoms with Gasteiger partial charge in [0.05, 0.1) is 23.8 Å². The number of anilines is 1. The van der Waals surface area contributed by atoms with Gasteiger partial charge >= 0.3 is 0 Å². The molecule has 2 amide bonds. The second-order valence-corrected chi connectivity index (χ2v) is 10.4. The fourth-order valence-corrected chi connectivity index (χ4v) is 6.63. The van der Waals surface area contributed by atoms with Crippen LogP contribution in [-0.4, -0.2) is 61.2 Å². The Labute approximate surface area is 159 Å². The molecule has 0 saturated carbocycles. The Morgan fingerprint density at radius 1 is 1.23 bits per heavy atom. The molecular formula is C18H26N2O4S2. The van der Waals surface area contributed by atoms with E-state index in [-0.39, 0.29) is 40.9 Å². The molecule has 1 aliphatic rings. The first-order valence-corrected chi connectivity index (χ1v) is 11.4. The average molecular weight is 399 g/mol. The number of aryl methyl sites for hydroxylation is 3. The lowest BCUT2D eigenvalue weighted by molar-refractivity contribution is -0.131. The van der Waals surface area contributed by atoms with Gasteiger partial charge in [-0.1, -0.05) is 17.7 Å². The largest absolute Gasteiger partial charge is 0.336 e. The fourth-order valence-electron chi connectivity index (χ4n) is 3.05. The van der Waals surface area contributed by atoms with Gasteiger partial charge < -0.3 is 10.2 Å². The maximum atomic E-state index is 12.3. The van der Waals surface area contributed by atoms with Crippen LogP contribution in [0.1, 0.15) is 23.1 Å². The molecule has 0 unspecified atom stereocenters. The van der Waals surface area contributed by atoms with Crippen molar-refractivity contribution in [1.82, 2.24) is 4.90 Å². The van der Waals surface area contributed by atoms with Gasteiger partial charge in [-0.05, 0) is 38.3 Å². The summed E-state index contributed by atoms with van der Waals surface area (Å²) in [6, 6.07) is 4.01. The highest BCUT2D eigenvalue weighted by atomic mass is 32.2. The molecule has 144 valence electrons. The van der Waals surface area contributed by atoms with Gasteiger partial charge in [0.15, 0.2) is 9.84 Å². The number of likely N-dealkylation sites (N-methyl/N-ethyl adjacent to an activating group) is 1. The van der Waals surface area contributed by atoms with Crippen molar-refractivity contribution in [2.75, 3.05) is 36.2 Å².